The Bertz CT molecular complexity index is 1090. The van der Waals surface area contributed by atoms with Gasteiger partial charge in [0.15, 0.2) is 0 Å². The van der Waals surface area contributed by atoms with Crippen molar-refractivity contribution in [3.63, 3.8) is 0 Å². The third-order valence-electron chi connectivity index (χ3n) is 5.36. The molecule has 0 atom stereocenters. The van der Waals surface area contributed by atoms with Gasteiger partial charge in [0.25, 0.3) is 5.91 Å². The zero-order chi connectivity index (χ0) is 20.5. The fraction of sp³-hybridized carbons (Fsp3) is 0.273. The minimum Gasteiger partial charge on any atom is -0.368 e. The zero-order valence-corrected chi connectivity index (χ0v) is 16.6. The number of anilines is 1. The van der Waals surface area contributed by atoms with Gasteiger partial charge in [-0.25, -0.2) is 9.97 Å². The molecule has 29 heavy (non-hydrogen) atoms. The number of nitrogens with two attached hydrogens (primary N) is 1. The summed E-state index contributed by atoms with van der Waals surface area (Å²) in [7, 11) is 1.77. The Morgan fingerprint density at radius 3 is 2.45 bits per heavy atom. The molecule has 0 fully saturated rings. The third kappa shape index (κ3) is 3.63. The number of aromatic nitrogens is 2. The van der Waals surface area contributed by atoms with E-state index >= 15 is 0 Å². The number of likely N-dealkylation sites (N-methyl/N-ethyl adjacent to an activating group) is 1. The predicted molar refractivity (Wildman–Crippen MR) is 111 cm³/mol. The van der Waals surface area contributed by atoms with Crippen molar-refractivity contribution >= 4 is 28.7 Å². The molecule has 1 aliphatic heterocycles. The third-order valence-corrected chi connectivity index (χ3v) is 5.36. The summed E-state index contributed by atoms with van der Waals surface area (Å²) in [6.45, 7) is 3.66. The van der Waals surface area contributed by atoms with Gasteiger partial charge in [-0.2, -0.15) is 0 Å². The van der Waals surface area contributed by atoms with Crippen molar-refractivity contribution < 1.29 is 9.59 Å². The van der Waals surface area contributed by atoms with Crippen LogP contribution in [0.4, 0.5) is 5.95 Å². The molecule has 7 nitrogen and oxygen atoms in total. The van der Waals surface area contributed by atoms with Gasteiger partial charge in [0.05, 0.1) is 11.9 Å². The van der Waals surface area contributed by atoms with Crippen LogP contribution in [0, 0.1) is 0 Å². The highest BCUT2D eigenvalue weighted by Gasteiger charge is 2.27. The van der Waals surface area contributed by atoms with Gasteiger partial charge in [-0.15, -0.1) is 0 Å². The number of hydrogen-bond donors (Lipinski definition) is 1. The van der Waals surface area contributed by atoms with E-state index in [1.165, 1.54) is 0 Å². The Kier molecular flexibility index (Phi) is 4.88. The second-order valence-electron chi connectivity index (χ2n) is 7.30. The highest BCUT2D eigenvalue weighted by molar-refractivity contribution is 6.05. The average molecular weight is 389 g/mol. The zero-order valence-electron chi connectivity index (χ0n) is 16.6. The summed E-state index contributed by atoms with van der Waals surface area (Å²) in [5, 5.41) is 0.615. The molecule has 0 radical (unpaired) electrons. The molecule has 148 valence electrons. The van der Waals surface area contributed by atoms with E-state index in [9.17, 15) is 9.59 Å². The molecule has 0 bridgehead atoms. The van der Waals surface area contributed by atoms with Crippen LogP contribution in [0.1, 0.15) is 34.1 Å². The van der Waals surface area contributed by atoms with E-state index in [4.69, 9.17) is 5.73 Å². The summed E-state index contributed by atoms with van der Waals surface area (Å²) >= 11 is 0. The quantitative estimate of drug-likeness (QED) is 0.740. The van der Waals surface area contributed by atoms with Crippen molar-refractivity contribution in [2.45, 2.75) is 26.4 Å². The van der Waals surface area contributed by atoms with Crippen LogP contribution in [0.2, 0.25) is 0 Å². The average Bonchev–Trinajstić information content (AvgIpc) is 3.16. The van der Waals surface area contributed by atoms with Gasteiger partial charge in [0.2, 0.25) is 11.9 Å². The van der Waals surface area contributed by atoms with Crippen LogP contribution >= 0.6 is 0 Å². The van der Waals surface area contributed by atoms with Gasteiger partial charge >= 0.3 is 0 Å². The lowest BCUT2D eigenvalue weighted by Crippen LogP contribution is -2.28. The first-order valence-electron chi connectivity index (χ1n) is 9.62. The summed E-state index contributed by atoms with van der Waals surface area (Å²) in [5.74, 6) is -0.104. The highest BCUT2D eigenvalue weighted by atomic mass is 16.2. The maximum absolute atomic E-state index is 13.3. The maximum atomic E-state index is 13.3. The van der Waals surface area contributed by atoms with Crippen LogP contribution in [0.3, 0.4) is 0 Å². The van der Waals surface area contributed by atoms with E-state index in [0.717, 1.165) is 16.7 Å². The number of fused-ring (bicyclic) bond motifs is 2. The fourth-order valence-corrected chi connectivity index (χ4v) is 3.58. The molecule has 4 rings (SSSR count). The smallest absolute Gasteiger partial charge is 0.273 e. The number of hydrogen-bond acceptors (Lipinski definition) is 5. The molecule has 0 aliphatic carbocycles. The summed E-state index contributed by atoms with van der Waals surface area (Å²) in [6, 6.07) is 13.5. The standard InChI is InChI=1S/C22H23N5O2/c1-3-26(2)19(28)11-14-8-9-18-17(10-14)20(25-22(23)24-18)21(29)27-12-15-6-4-5-7-16(15)13-27/h4-10H,3,11-13H2,1-2H3,(H2,23,24,25). The highest BCUT2D eigenvalue weighted by Crippen LogP contribution is 2.26. The first kappa shape index (κ1) is 18.9. The maximum Gasteiger partial charge on any atom is 0.273 e. The summed E-state index contributed by atoms with van der Waals surface area (Å²) in [6.07, 6.45) is 0.257. The molecular weight excluding hydrogens is 366 g/mol. The van der Waals surface area contributed by atoms with E-state index < -0.39 is 0 Å². The molecule has 7 heteroatoms. The van der Waals surface area contributed by atoms with Crippen LogP contribution < -0.4 is 5.73 Å². The van der Waals surface area contributed by atoms with Crippen LogP contribution in [0.25, 0.3) is 10.9 Å². The Labute approximate surface area is 169 Å². The van der Waals surface area contributed by atoms with Gasteiger partial charge in [0, 0.05) is 32.1 Å². The van der Waals surface area contributed by atoms with E-state index in [2.05, 4.69) is 9.97 Å². The van der Waals surface area contributed by atoms with Crippen molar-refractivity contribution in [2.24, 2.45) is 0 Å². The molecule has 2 N–H and O–H groups in total. The summed E-state index contributed by atoms with van der Waals surface area (Å²) in [5.41, 5.74) is 9.83. The molecule has 0 saturated carbocycles. The van der Waals surface area contributed by atoms with Crippen LogP contribution in [0.15, 0.2) is 42.5 Å². The van der Waals surface area contributed by atoms with Crippen LogP contribution in [-0.2, 0) is 24.3 Å². The number of carbonyl (C=O) groups excluding carboxylic acids is 2. The van der Waals surface area contributed by atoms with E-state index in [-0.39, 0.29) is 29.9 Å². The number of carbonyl (C=O) groups is 2. The SMILES string of the molecule is CCN(C)C(=O)Cc1ccc2nc(N)nc(C(=O)N3Cc4ccccc4C3)c2c1. The minimum absolute atomic E-state index is 0.0195. The number of rotatable bonds is 4. The Morgan fingerprint density at radius 2 is 1.79 bits per heavy atom. The van der Waals surface area contributed by atoms with Gasteiger partial charge in [-0.1, -0.05) is 30.3 Å². The molecule has 3 aromatic rings. The van der Waals surface area contributed by atoms with Gasteiger partial charge in [-0.05, 0) is 35.7 Å². The summed E-state index contributed by atoms with van der Waals surface area (Å²) < 4.78 is 0. The van der Waals surface area contributed by atoms with E-state index in [1.807, 2.05) is 43.3 Å². The van der Waals surface area contributed by atoms with E-state index in [0.29, 0.717) is 30.5 Å². The number of amides is 2. The lowest BCUT2D eigenvalue weighted by atomic mass is 10.1. The molecule has 0 saturated heterocycles. The van der Waals surface area contributed by atoms with Crippen molar-refractivity contribution in [2.75, 3.05) is 19.3 Å². The van der Waals surface area contributed by atoms with Crippen LogP contribution in [-0.4, -0.2) is 45.2 Å². The molecule has 1 aliphatic rings. The molecule has 2 heterocycles. The number of benzene rings is 2. The molecule has 0 unspecified atom stereocenters. The monoisotopic (exact) mass is 389 g/mol. The fourth-order valence-electron chi connectivity index (χ4n) is 3.58. The lowest BCUT2D eigenvalue weighted by Gasteiger charge is -2.17. The normalized spacial score (nSPS) is 12.8. The number of nitrogens with zero attached hydrogens (tertiary/aromatic N) is 4. The van der Waals surface area contributed by atoms with Gasteiger partial charge in [0.1, 0.15) is 5.69 Å². The first-order chi connectivity index (χ1) is 14.0. The second-order valence-corrected chi connectivity index (χ2v) is 7.30. The predicted octanol–water partition coefficient (Wildman–Crippen LogP) is 2.39. The largest absolute Gasteiger partial charge is 0.368 e. The molecular formula is C22H23N5O2. The lowest BCUT2D eigenvalue weighted by molar-refractivity contribution is -0.128. The minimum atomic E-state index is -0.186. The van der Waals surface area contributed by atoms with Crippen molar-refractivity contribution in [3.8, 4) is 0 Å². The first-order valence-corrected chi connectivity index (χ1v) is 9.62. The topological polar surface area (TPSA) is 92.4 Å². The van der Waals surface area contributed by atoms with Crippen molar-refractivity contribution in [3.05, 3.63) is 64.8 Å². The molecule has 2 aromatic carbocycles. The van der Waals surface area contributed by atoms with Crippen molar-refractivity contribution in [1.82, 2.24) is 19.8 Å². The second kappa shape index (κ2) is 7.50. The van der Waals surface area contributed by atoms with E-state index in [1.54, 1.807) is 22.9 Å². The molecule has 1 aromatic heterocycles. The Balaban J connectivity index is 1.69. The Morgan fingerprint density at radius 1 is 1.10 bits per heavy atom. The van der Waals surface area contributed by atoms with Crippen LogP contribution in [0.5, 0.6) is 0 Å². The molecule has 2 amide bonds. The van der Waals surface area contributed by atoms with Gasteiger partial charge in [-0.3, -0.25) is 9.59 Å². The Hall–Kier alpha value is -3.48. The summed E-state index contributed by atoms with van der Waals surface area (Å²) in [4.78, 5) is 37.5. The van der Waals surface area contributed by atoms with Crippen molar-refractivity contribution in [1.29, 1.82) is 0 Å². The van der Waals surface area contributed by atoms with Gasteiger partial charge < -0.3 is 15.5 Å². The number of nitrogen functional groups attached to an aromatic ring is 1. The molecule has 0 spiro atoms.